The van der Waals surface area contributed by atoms with Crippen LogP contribution in [0.4, 0.5) is 0 Å². The van der Waals surface area contributed by atoms with E-state index >= 15 is 0 Å². The first-order valence-electron chi connectivity index (χ1n) is 10.5. The molecule has 2 N–H and O–H groups in total. The summed E-state index contributed by atoms with van der Waals surface area (Å²) in [5.74, 6) is 4.58. The Morgan fingerprint density at radius 2 is 2.04 bits per heavy atom. The van der Waals surface area contributed by atoms with Crippen molar-refractivity contribution in [1.82, 2.24) is 0 Å². The molecular formula is C22H35NO. The number of rotatable bonds is 5. The van der Waals surface area contributed by atoms with Crippen LogP contribution in [0.2, 0.25) is 0 Å². The molecule has 0 spiro atoms. The topological polar surface area (TPSA) is 43.1 Å². The molecule has 4 saturated carbocycles. The first kappa shape index (κ1) is 16.8. The lowest BCUT2D eigenvalue weighted by Gasteiger charge is -2.29. The lowest BCUT2D eigenvalue weighted by Crippen LogP contribution is -2.37. The zero-order valence-corrected chi connectivity index (χ0v) is 15.4. The van der Waals surface area contributed by atoms with E-state index in [1.165, 1.54) is 69.8 Å². The molecule has 0 aromatic carbocycles. The molecular weight excluding hydrogens is 294 g/mol. The van der Waals surface area contributed by atoms with Crippen molar-refractivity contribution in [1.29, 1.82) is 0 Å². The van der Waals surface area contributed by atoms with Gasteiger partial charge in [0, 0.05) is 0 Å². The molecule has 4 aliphatic carbocycles. The molecule has 2 nitrogen and oxygen atoms in total. The highest BCUT2D eigenvalue weighted by Crippen LogP contribution is 2.73. The van der Waals surface area contributed by atoms with Gasteiger partial charge in [-0.15, -0.1) is 0 Å². The fourth-order valence-electron chi connectivity index (χ4n) is 7.31. The molecule has 4 fully saturated rings. The van der Waals surface area contributed by atoms with Crippen LogP contribution in [-0.2, 0) is 4.79 Å². The van der Waals surface area contributed by atoms with Gasteiger partial charge in [-0.1, -0.05) is 44.8 Å². The quantitative estimate of drug-likeness (QED) is 0.585. The molecule has 24 heavy (non-hydrogen) atoms. The molecule has 0 aromatic heterocycles. The summed E-state index contributed by atoms with van der Waals surface area (Å²) in [5.41, 5.74) is 8.11. The number of carbonyl (C=O) groups is 1. The maximum Gasteiger partial charge on any atom is 0.137 e. The lowest BCUT2D eigenvalue weighted by molar-refractivity contribution is -0.110. The second kappa shape index (κ2) is 6.27. The van der Waals surface area contributed by atoms with Crippen molar-refractivity contribution in [3.63, 3.8) is 0 Å². The van der Waals surface area contributed by atoms with Gasteiger partial charge in [-0.3, -0.25) is 0 Å². The largest absolute Gasteiger partial charge is 0.321 e. The summed E-state index contributed by atoms with van der Waals surface area (Å²) in [6, 6.07) is -0.239. The minimum atomic E-state index is -0.239. The van der Waals surface area contributed by atoms with Crippen LogP contribution in [0.15, 0.2) is 12.2 Å². The van der Waals surface area contributed by atoms with E-state index in [1.807, 2.05) is 0 Å². The van der Waals surface area contributed by atoms with E-state index in [1.54, 1.807) is 0 Å². The van der Waals surface area contributed by atoms with Gasteiger partial charge < -0.3 is 10.5 Å². The fraction of sp³-hybridized carbons (Fsp3) is 0.864. The number of nitrogens with two attached hydrogens (primary N) is 1. The zero-order valence-electron chi connectivity index (χ0n) is 15.4. The van der Waals surface area contributed by atoms with Crippen molar-refractivity contribution in [2.24, 2.45) is 46.7 Å². The van der Waals surface area contributed by atoms with E-state index < -0.39 is 0 Å². The summed E-state index contributed by atoms with van der Waals surface area (Å²) in [6.07, 6.45) is 14.3. The lowest BCUT2D eigenvalue weighted by atomic mass is 9.77. The third kappa shape index (κ3) is 2.52. The minimum absolute atomic E-state index is 0.137. The summed E-state index contributed by atoms with van der Waals surface area (Å²) >= 11 is 0. The van der Waals surface area contributed by atoms with Crippen molar-refractivity contribution in [3.8, 4) is 0 Å². The monoisotopic (exact) mass is 329 g/mol. The third-order valence-electron chi connectivity index (χ3n) is 8.47. The van der Waals surface area contributed by atoms with Crippen molar-refractivity contribution >= 4 is 6.29 Å². The third-order valence-corrected chi connectivity index (χ3v) is 8.47. The molecule has 0 saturated heterocycles. The summed E-state index contributed by atoms with van der Waals surface area (Å²) in [4.78, 5) is 11.7. The van der Waals surface area contributed by atoms with Crippen molar-refractivity contribution < 1.29 is 4.79 Å². The molecule has 0 aromatic rings. The zero-order chi connectivity index (χ0) is 16.9. The molecule has 0 radical (unpaired) electrons. The minimum Gasteiger partial charge on any atom is -0.321 e. The second-order valence-electron chi connectivity index (χ2n) is 9.64. The number of carbonyl (C=O) groups excluding carboxylic acids is 1. The van der Waals surface area contributed by atoms with Gasteiger partial charge in [-0.25, -0.2) is 0 Å². The SMILES string of the molecule is C=C1CC[C@@H]2[C@H]([C@@H]3C[C@@H](C)C[C@H]13)[C@@]2(CCC1CCCC1)[C@H](N)C=O. The Labute approximate surface area is 147 Å². The molecule has 0 amide bonds. The van der Waals surface area contributed by atoms with Gasteiger partial charge in [0.1, 0.15) is 6.29 Å². The van der Waals surface area contributed by atoms with Crippen LogP contribution in [-0.4, -0.2) is 12.3 Å². The Morgan fingerprint density at radius 1 is 1.29 bits per heavy atom. The number of hydrogen-bond donors (Lipinski definition) is 1. The predicted molar refractivity (Wildman–Crippen MR) is 98.4 cm³/mol. The van der Waals surface area contributed by atoms with Crippen molar-refractivity contribution in [2.75, 3.05) is 0 Å². The summed E-state index contributed by atoms with van der Waals surface area (Å²) in [6.45, 7) is 6.83. The highest BCUT2D eigenvalue weighted by molar-refractivity contribution is 5.61. The van der Waals surface area contributed by atoms with Crippen LogP contribution in [0, 0.1) is 40.9 Å². The number of hydrogen-bond acceptors (Lipinski definition) is 2. The summed E-state index contributed by atoms with van der Waals surface area (Å²) in [7, 11) is 0. The molecule has 0 heterocycles. The Bertz CT molecular complexity index is 508. The number of allylic oxidation sites excluding steroid dienone is 1. The van der Waals surface area contributed by atoms with Crippen LogP contribution in [0.25, 0.3) is 0 Å². The normalized spacial score (nSPS) is 46.2. The van der Waals surface area contributed by atoms with Gasteiger partial charge in [-0.2, -0.15) is 0 Å². The first-order valence-corrected chi connectivity index (χ1v) is 10.5. The maximum absolute atomic E-state index is 11.7. The fourth-order valence-corrected chi connectivity index (χ4v) is 7.31. The van der Waals surface area contributed by atoms with Crippen LogP contribution in [0.3, 0.4) is 0 Å². The Hall–Kier alpha value is -0.630. The molecule has 0 unspecified atom stereocenters. The van der Waals surface area contributed by atoms with E-state index in [4.69, 9.17) is 5.73 Å². The van der Waals surface area contributed by atoms with Gasteiger partial charge >= 0.3 is 0 Å². The van der Waals surface area contributed by atoms with Crippen LogP contribution in [0.5, 0.6) is 0 Å². The molecule has 2 heteroatoms. The van der Waals surface area contributed by atoms with E-state index in [0.717, 1.165) is 24.0 Å². The molecule has 4 rings (SSSR count). The average molecular weight is 330 g/mol. The summed E-state index contributed by atoms with van der Waals surface area (Å²) in [5, 5.41) is 0. The van der Waals surface area contributed by atoms with Gasteiger partial charge in [0.05, 0.1) is 6.04 Å². The smallest absolute Gasteiger partial charge is 0.137 e. The van der Waals surface area contributed by atoms with E-state index in [9.17, 15) is 4.79 Å². The Kier molecular flexibility index (Phi) is 4.39. The summed E-state index contributed by atoms with van der Waals surface area (Å²) < 4.78 is 0. The van der Waals surface area contributed by atoms with Gasteiger partial charge in [0.25, 0.3) is 0 Å². The van der Waals surface area contributed by atoms with Gasteiger partial charge in [-0.05, 0) is 79.4 Å². The molecule has 134 valence electrons. The molecule has 4 aliphatic rings. The number of aldehydes is 1. The first-order chi connectivity index (χ1) is 11.6. The predicted octanol–water partition coefficient (Wildman–Crippen LogP) is 4.73. The average Bonchev–Trinajstić information content (AvgIpc) is 2.91. The van der Waals surface area contributed by atoms with Crippen molar-refractivity contribution in [2.45, 2.75) is 77.2 Å². The van der Waals surface area contributed by atoms with E-state index in [-0.39, 0.29) is 11.5 Å². The number of fused-ring (bicyclic) bond motifs is 3. The standard InChI is InChI=1S/C22H35NO/c1-14-11-17-15(2)7-8-19-21(18(17)12-14)22(19,20(23)13-24)10-9-16-5-3-4-6-16/h13-14,16-21H,2-12,23H2,1H3/t14-,17+,18+,19+,20+,21-,22+/m0/s1. The van der Waals surface area contributed by atoms with E-state index in [2.05, 4.69) is 13.5 Å². The van der Waals surface area contributed by atoms with Crippen LogP contribution >= 0.6 is 0 Å². The second-order valence-corrected chi connectivity index (χ2v) is 9.64. The molecule has 0 bridgehead atoms. The van der Waals surface area contributed by atoms with Gasteiger partial charge in [0.15, 0.2) is 0 Å². The van der Waals surface area contributed by atoms with E-state index in [0.29, 0.717) is 17.8 Å². The maximum atomic E-state index is 11.7. The highest BCUT2D eigenvalue weighted by atomic mass is 16.1. The van der Waals surface area contributed by atoms with Crippen LogP contribution in [0.1, 0.15) is 71.1 Å². The Morgan fingerprint density at radius 3 is 2.75 bits per heavy atom. The molecule has 7 atom stereocenters. The van der Waals surface area contributed by atoms with Crippen LogP contribution < -0.4 is 5.73 Å². The highest BCUT2D eigenvalue weighted by Gasteiger charge is 2.70. The van der Waals surface area contributed by atoms with Gasteiger partial charge in [0.2, 0.25) is 0 Å². The Balaban J connectivity index is 1.56. The molecule has 0 aliphatic heterocycles. The van der Waals surface area contributed by atoms with Crippen molar-refractivity contribution in [3.05, 3.63) is 12.2 Å².